The molecule has 1 heterocycles. The molecule has 1 fully saturated rings. The van der Waals surface area contributed by atoms with Crippen molar-refractivity contribution in [3.8, 4) is 0 Å². The van der Waals surface area contributed by atoms with Gasteiger partial charge in [0, 0.05) is 25.2 Å². The van der Waals surface area contributed by atoms with Crippen LogP contribution >= 0.6 is 0 Å². The van der Waals surface area contributed by atoms with Crippen LogP contribution in [-0.2, 0) is 16.0 Å². The first-order valence-corrected chi connectivity index (χ1v) is 9.32. The Kier molecular flexibility index (Phi) is 7.18. The summed E-state index contributed by atoms with van der Waals surface area (Å²) in [5.74, 6) is -0.618. The van der Waals surface area contributed by atoms with Gasteiger partial charge in [-0.25, -0.2) is 14.0 Å². The first kappa shape index (κ1) is 21.2. The maximum Gasteiger partial charge on any atom is 0.407 e. The molecule has 0 bridgehead atoms. The van der Waals surface area contributed by atoms with E-state index < -0.39 is 23.5 Å². The van der Waals surface area contributed by atoms with Crippen LogP contribution in [0.5, 0.6) is 0 Å². The molecule has 1 aliphatic rings. The largest absolute Gasteiger partial charge is 0.462 e. The average Bonchev–Trinajstić information content (AvgIpc) is 3.01. The molecule has 0 aromatic heterocycles. The number of carbonyl (C=O) groups is 2. The van der Waals surface area contributed by atoms with Crippen LogP contribution < -0.4 is 5.32 Å². The minimum Gasteiger partial charge on any atom is -0.462 e. The minimum absolute atomic E-state index is 0.221. The van der Waals surface area contributed by atoms with Gasteiger partial charge in [0.05, 0.1) is 12.2 Å². The standard InChI is InChI=1S/C20H29FN2O4/c1-5-26-18(24)15-6-7-16(17(21)10-15)13-23-9-8-14(12-23)11-22-19(25)27-20(2,3)4/h6-7,10,14H,5,8-9,11-13H2,1-4H3,(H,22,25). The Morgan fingerprint density at radius 1 is 1.33 bits per heavy atom. The molecule has 1 saturated heterocycles. The highest BCUT2D eigenvalue weighted by atomic mass is 19.1. The molecule has 1 amide bonds. The highest BCUT2D eigenvalue weighted by Gasteiger charge is 2.25. The number of esters is 1. The summed E-state index contributed by atoms with van der Waals surface area (Å²) in [6.45, 7) is 10.1. The van der Waals surface area contributed by atoms with Crippen LogP contribution in [0, 0.1) is 11.7 Å². The van der Waals surface area contributed by atoms with Gasteiger partial charge in [0.25, 0.3) is 0 Å². The molecule has 0 aliphatic carbocycles. The van der Waals surface area contributed by atoms with Gasteiger partial charge in [0.15, 0.2) is 0 Å². The van der Waals surface area contributed by atoms with Crippen molar-refractivity contribution in [1.29, 1.82) is 0 Å². The molecule has 27 heavy (non-hydrogen) atoms. The Morgan fingerprint density at radius 2 is 2.07 bits per heavy atom. The van der Waals surface area contributed by atoms with Gasteiger partial charge >= 0.3 is 12.1 Å². The molecule has 0 radical (unpaired) electrons. The average molecular weight is 380 g/mol. The zero-order chi connectivity index (χ0) is 20.0. The topological polar surface area (TPSA) is 67.9 Å². The van der Waals surface area contributed by atoms with Gasteiger partial charge in [-0.05, 0) is 58.7 Å². The molecular weight excluding hydrogens is 351 g/mol. The fourth-order valence-electron chi connectivity index (χ4n) is 3.02. The number of amides is 1. The lowest BCUT2D eigenvalue weighted by molar-refractivity contribution is 0.0511. The second-order valence-electron chi connectivity index (χ2n) is 7.80. The summed E-state index contributed by atoms with van der Waals surface area (Å²) in [5.41, 5.74) is 0.252. The van der Waals surface area contributed by atoms with E-state index in [1.165, 1.54) is 6.07 Å². The van der Waals surface area contributed by atoms with E-state index in [9.17, 15) is 14.0 Å². The smallest absolute Gasteiger partial charge is 0.407 e. The minimum atomic E-state index is -0.516. The number of nitrogens with one attached hydrogen (secondary N) is 1. The molecule has 1 unspecified atom stereocenters. The number of halogens is 1. The molecule has 1 aromatic carbocycles. The number of hydrogen-bond donors (Lipinski definition) is 1. The molecule has 1 atom stereocenters. The predicted octanol–water partition coefficient (Wildman–Crippen LogP) is 3.35. The highest BCUT2D eigenvalue weighted by molar-refractivity contribution is 5.89. The van der Waals surface area contributed by atoms with Crippen molar-refractivity contribution < 1.29 is 23.5 Å². The van der Waals surface area contributed by atoms with Crippen molar-refractivity contribution in [2.24, 2.45) is 5.92 Å². The summed E-state index contributed by atoms with van der Waals surface area (Å²) in [4.78, 5) is 25.5. The maximum absolute atomic E-state index is 14.3. The number of benzene rings is 1. The van der Waals surface area contributed by atoms with Gasteiger partial charge < -0.3 is 14.8 Å². The van der Waals surface area contributed by atoms with Crippen molar-refractivity contribution in [1.82, 2.24) is 10.2 Å². The lowest BCUT2D eigenvalue weighted by Crippen LogP contribution is -2.36. The van der Waals surface area contributed by atoms with E-state index in [4.69, 9.17) is 9.47 Å². The van der Waals surface area contributed by atoms with Gasteiger partial charge in [0.1, 0.15) is 11.4 Å². The van der Waals surface area contributed by atoms with E-state index in [1.807, 2.05) is 20.8 Å². The molecule has 150 valence electrons. The number of hydrogen-bond acceptors (Lipinski definition) is 5. The second kappa shape index (κ2) is 9.17. The first-order chi connectivity index (χ1) is 12.7. The zero-order valence-corrected chi connectivity index (χ0v) is 16.5. The molecule has 2 rings (SSSR count). The number of ether oxygens (including phenoxy) is 2. The maximum atomic E-state index is 14.3. The summed E-state index contributed by atoms with van der Waals surface area (Å²) in [6, 6.07) is 4.45. The number of nitrogens with zero attached hydrogens (tertiary/aromatic N) is 1. The number of likely N-dealkylation sites (tertiary alicyclic amines) is 1. The van der Waals surface area contributed by atoms with Gasteiger partial charge in [-0.1, -0.05) is 6.07 Å². The van der Waals surface area contributed by atoms with Crippen LogP contribution in [0.2, 0.25) is 0 Å². The molecule has 1 N–H and O–H groups in total. The molecule has 7 heteroatoms. The Morgan fingerprint density at radius 3 is 2.70 bits per heavy atom. The van der Waals surface area contributed by atoms with Gasteiger partial charge in [-0.15, -0.1) is 0 Å². The van der Waals surface area contributed by atoms with E-state index in [-0.39, 0.29) is 12.2 Å². The van der Waals surface area contributed by atoms with Gasteiger partial charge in [0.2, 0.25) is 0 Å². The molecule has 0 saturated carbocycles. The fraction of sp³-hybridized carbons (Fsp3) is 0.600. The predicted molar refractivity (Wildman–Crippen MR) is 100.0 cm³/mol. The third-order valence-electron chi connectivity index (χ3n) is 4.26. The summed E-state index contributed by atoms with van der Waals surface area (Å²) in [7, 11) is 0. The van der Waals surface area contributed by atoms with Crippen molar-refractivity contribution in [3.63, 3.8) is 0 Å². The van der Waals surface area contributed by atoms with Gasteiger partial charge in [-0.3, -0.25) is 4.90 Å². The zero-order valence-electron chi connectivity index (χ0n) is 16.5. The summed E-state index contributed by atoms with van der Waals surface area (Å²) in [6.07, 6.45) is 0.514. The molecule has 1 aliphatic heterocycles. The van der Waals surface area contributed by atoms with Crippen LogP contribution in [0.25, 0.3) is 0 Å². The SMILES string of the molecule is CCOC(=O)c1ccc(CN2CCC(CNC(=O)OC(C)(C)C)C2)c(F)c1. The number of carbonyl (C=O) groups excluding carboxylic acids is 2. The van der Waals surface area contributed by atoms with Crippen molar-refractivity contribution in [2.45, 2.75) is 46.3 Å². The van der Waals surface area contributed by atoms with Crippen LogP contribution in [-0.4, -0.2) is 48.8 Å². The van der Waals surface area contributed by atoms with E-state index in [2.05, 4.69) is 10.2 Å². The third kappa shape index (κ3) is 6.82. The first-order valence-electron chi connectivity index (χ1n) is 9.32. The highest BCUT2D eigenvalue weighted by Crippen LogP contribution is 2.20. The van der Waals surface area contributed by atoms with Gasteiger partial charge in [-0.2, -0.15) is 0 Å². The summed E-state index contributed by atoms with van der Waals surface area (Å²) in [5, 5.41) is 2.80. The summed E-state index contributed by atoms with van der Waals surface area (Å²) >= 11 is 0. The Bertz CT molecular complexity index is 672. The van der Waals surface area contributed by atoms with E-state index in [1.54, 1.807) is 19.1 Å². The molecule has 6 nitrogen and oxygen atoms in total. The fourth-order valence-corrected chi connectivity index (χ4v) is 3.02. The Balaban J connectivity index is 1.82. The normalized spacial score (nSPS) is 17.6. The van der Waals surface area contributed by atoms with E-state index in [0.29, 0.717) is 24.6 Å². The van der Waals surface area contributed by atoms with Crippen molar-refractivity contribution >= 4 is 12.1 Å². The van der Waals surface area contributed by atoms with Crippen molar-refractivity contribution in [2.75, 3.05) is 26.2 Å². The van der Waals surface area contributed by atoms with E-state index in [0.717, 1.165) is 19.5 Å². The molecule has 1 aromatic rings. The van der Waals surface area contributed by atoms with Crippen LogP contribution in [0.4, 0.5) is 9.18 Å². The molecular formula is C20H29FN2O4. The number of rotatable bonds is 6. The second-order valence-corrected chi connectivity index (χ2v) is 7.80. The lowest BCUT2D eigenvalue weighted by Gasteiger charge is -2.21. The monoisotopic (exact) mass is 380 g/mol. The lowest BCUT2D eigenvalue weighted by atomic mass is 10.1. The quantitative estimate of drug-likeness (QED) is 0.767. The third-order valence-corrected chi connectivity index (χ3v) is 4.26. The Labute approximate surface area is 160 Å². The molecule has 0 spiro atoms. The summed E-state index contributed by atoms with van der Waals surface area (Å²) < 4.78 is 24.4. The van der Waals surface area contributed by atoms with Crippen LogP contribution in [0.1, 0.15) is 50.0 Å². The Hall–Kier alpha value is -2.15. The van der Waals surface area contributed by atoms with E-state index >= 15 is 0 Å². The van der Waals surface area contributed by atoms with Crippen LogP contribution in [0.15, 0.2) is 18.2 Å². The number of alkyl carbamates (subject to hydrolysis) is 1. The van der Waals surface area contributed by atoms with Crippen molar-refractivity contribution in [3.05, 3.63) is 35.1 Å². The van der Waals surface area contributed by atoms with Crippen LogP contribution in [0.3, 0.4) is 0 Å².